The van der Waals surface area contributed by atoms with Crippen LogP contribution in [0.15, 0.2) is 12.4 Å². The molecule has 0 bridgehead atoms. The summed E-state index contributed by atoms with van der Waals surface area (Å²) < 4.78 is 7.56. The van der Waals surface area contributed by atoms with Crippen LogP contribution in [0.5, 0.6) is 0 Å². The van der Waals surface area contributed by atoms with Gasteiger partial charge in [-0.05, 0) is 33.5 Å². The van der Waals surface area contributed by atoms with Gasteiger partial charge < -0.3 is 4.43 Å². The van der Waals surface area contributed by atoms with Crippen molar-refractivity contribution in [1.82, 2.24) is 9.78 Å². The lowest BCUT2D eigenvalue weighted by molar-refractivity contribution is -0.385. The SMILES string of the molecule is CC(C)(Cn1cc([N+](=O)[O-])cn1)O[Si](C)(C)C. The van der Waals surface area contributed by atoms with Crippen LogP contribution in [0.3, 0.4) is 0 Å². The Kier molecular flexibility index (Phi) is 3.73. The molecule has 0 saturated heterocycles. The van der Waals surface area contributed by atoms with E-state index < -0.39 is 13.2 Å². The minimum Gasteiger partial charge on any atom is -0.411 e. The highest BCUT2D eigenvalue weighted by Crippen LogP contribution is 2.20. The Balaban J connectivity index is 2.72. The van der Waals surface area contributed by atoms with Crippen LogP contribution in [0.4, 0.5) is 5.69 Å². The molecule has 0 spiro atoms. The van der Waals surface area contributed by atoms with Gasteiger partial charge in [-0.2, -0.15) is 5.10 Å². The molecule has 96 valence electrons. The molecule has 6 nitrogen and oxygen atoms in total. The molecule has 0 unspecified atom stereocenters. The molecule has 0 aliphatic carbocycles. The second kappa shape index (κ2) is 4.57. The fourth-order valence-electron chi connectivity index (χ4n) is 1.78. The van der Waals surface area contributed by atoms with Crippen molar-refractivity contribution in [1.29, 1.82) is 0 Å². The van der Waals surface area contributed by atoms with E-state index in [4.69, 9.17) is 4.43 Å². The van der Waals surface area contributed by atoms with Gasteiger partial charge >= 0.3 is 5.69 Å². The zero-order chi connectivity index (χ0) is 13.3. The van der Waals surface area contributed by atoms with Gasteiger partial charge in [-0.3, -0.25) is 14.8 Å². The Bertz CT molecular complexity index is 409. The summed E-state index contributed by atoms with van der Waals surface area (Å²) in [6, 6.07) is 0. The van der Waals surface area contributed by atoms with Gasteiger partial charge in [-0.15, -0.1) is 0 Å². The first kappa shape index (κ1) is 13.9. The number of hydrogen-bond donors (Lipinski definition) is 0. The maximum atomic E-state index is 10.5. The summed E-state index contributed by atoms with van der Waals surface area (Å²) in [7, 11) is -1.64. The van der Waals surface area contributed by atoms with E-state index in [9.17, 15) is 10.1 Å². The maximum Gasteiger partial charge on any atom is 0.306 e. The van der Waals surface area contributed by atoms with E-state index in [1.807, 2.05) is 13.8 Å². The second-order valence-corrected chi connectivity index (χ2v) is 10.1. The average Bonchev–Trinajstić information content (AvgIpc) is 2.46. The predicted molar refractivity (Wildman–Crippen MR) is 67.4 cm³/mol. The summed E-state index contributed by atoms with van der Waals surface area (Å²) in [6.45, 7) is 10.8. The second-order valence-electron chi connectivity index (χ2n) is 5.63. The summed E-state index contributed by atoms with van der Waals surface area (Å²) in [5.41, 5.74) is -0.363. The smallest absolute Gasteiger partial charge is 0.306 e. The molecule has 0 amide bonds. The molecule has 0 fully saturated rings. The molecule has 0 aliphatic heterocycles. The van der Waals surface area contributed by atoms with E-state index in [2.05, 4.69) is 24.7 Å². The van der Waals surface area contributed by atoms with Crippen molar-refractivity contribution in [3.8, 4) is 0 Å². The van der Waals surface area contributed by atoms with Gasteiger partial charge in [0.05, 0.1) is 17.1 Å². The van der Waals surface area contributed by atoms with Crippen molar-refractivity contribution in [2.24, 2.45) is 0 Å². The Morgan fingerprint density at radius 1 is 1.53 bits per heavy atom. The molecule has 1 heterocycles. The van der Waals surface area contributed by atoms with E-state index in [0.717, 1.165) is 0 Å². The Morgan fingerprint density at radius 2 is 2.12 bits per heavy atom. The molecule has 0 aromatic carbocycles. The van der Waals surface area contributed by atoms with Crippen LogP contribution in [0.1, 0.15) is 13.8 Å². The third-order valence-corrected chi connectivity index (χ3v) is 3.12. The lowest BCUT2D eigenvalue weighted by Gasteiger charge is -2.32. The van der Waals surface area contributed by atoms with Crippen LogP contribution in [-0.2, 0) is 11.0 Å². The van der Waals surface area contributed by atoms with Gasteiger partial charge in [0.25, 0.3) is 0 Å². The van der Waals surface area contributed by atoms with E-state index >= 15 is 0 Å². The molecule has 1 rings (SSSR count). The molecule has 0 radical (unpaired) electrons. The van der Waals surface area contributed by atoms with Gasteiger partial charge in [-0.1, -0.05) is 0 Å². The lowest BCUT2D eigenvalue weighted by Crippen LogP contribution is -2.41. The Morgan fingerprint density at radius 3 is 2.53 bits per heavy atom. The third-order valence-electron chi connectivity index (χ3n) is 1.96. The third kappa shape index (κ3) is 4.66. The molecule has 7 heteroatoms. The Hall–Kier alpha value is -1.21. The average molecular weight is 257 g/mol. The van der Waals surface area contributed by atoms with Gasteiger partial charge in [0, 0.05) is 0 Å². The molecular weight excluding hydrogens is 238 g/mol. The maximum absolute atomic E-state index is 10.5. The van der Waals surface area contributed by atoms with Crippen molar-refractivity contribution in [3.05, 3.63) is 22.5 Å². The summed E-state index contributed by atoms with van der Waals surface area (Å²) in [5.74, 6) is 0. The number of aromatic nitrogens is 2. The zero-order valence-electron chi connectivity index (χ0n) is 10.9. The molecule has 0 saturated carbocycles. The molecule has 1 aromatic rings. The van der Waals surface area contributed by atoms with Crippen LogP contribution in [0.2, 0.25) is 19.6 Å². The van der Waals surface area contributed by atoms with Crippen LogP contribution >= 0.6 is 0 Å². The van der Waals surface area contributed by atoms with E-state index in [1.54, 1.807) is 4.68 Å². The van der Waals surface area contributed by atoms with E-state index in [1.165, 1.54) is 12.4 Å². The first-order valence-corrected chi connectivity index (χ1v) is 8.87. The van der Waals surface area contributed by atoms with E-state index in [0.29, 0.717) is 6.54 Å². The summed E-state index contributed by atoms with van der Waals surface area (Å²) >= 11 is 0. The first-order chi connectivity index (χ1) is 7.59. The molecule has 0 N–H and O–H groups in total. The van der Waals surface area contributed by atoms with Crippen LogP contribution in [-0.4, -0.2) is 28.6 Å². The normalized spacial score (nSPS) is 12.8. The monoisotopic (exact) mass is 257 g/mol. The van der Waals surface area contributed by atoms with Crippen LogP contribution < -0.4 is 0 Å². The number of rotatable bonds is 5. The minimum atomic E-state index is -1.64. The van der Waals surface area contributed by atoms with Crippen molar-refractivity contribution in [2.75, 3.05) is 0 Å². The number of hydrogen-bond acceptors (Lipinski definition) is 4. The summed E-state index contributed by atoms with van der Waals surface area (Å²) in [5, 5.41) is 14.5. The van der Waals surface area contributed by atoms with Gasteiger partial charge in [0.2, 0.25) is 0 Å². The molecule has 0 aliphatic rings. The van der Waals surface area contributed by atoms with Crippen LogP contribution in [0, 0.1) is 10.1 Å². The first-order valence-electron chi connectivity index (χ1n) is 5.46. The van der Waals surface area contributed by atoms with Crippen LogP contribution in [0.25, 0.3) is 0 Å². The Labute approximate surface area is 102 Å². The highest BCUT2D eigenvalue weighted by molar-refractivity contribution is 6.69. The standard InChI is InChI=1S/C10H19N3O3Si/c1-10(2,16-17(3,4)5)8-12-7-9(6-11-12)13(14)15/h6-7H,8H2,1-5H3. The summed E-state index contributed by atoms with van der Waals surface area (Å²) in [6.07, 6.45) is 2.68. The van der Waals surface area contributed by atoms with Crippen molar-refractivity contribution in [2.45, 2.75) is 45.6 Å². The zero-order valence-corrected chi connectivity index (χ0v) is 11.9. The van der Waals surface area contributed by atoms with Crippen molar-refractivity contribution >= 4 is 14.0 Å². The largest absolute Gasteiger partial charge is 0.411 e. The fourth-order valence-corrected chi connectivity index (χ4v) is 3.51. The fraction of sp³-hybridized carbons (Fsp3) is 0.700. The van der Waals surface area contributed by atoms with Crippen molar-refractivity contribution < 1.29 is 9.35 Å². The van der Waals surface area contributed by atoms with E-state index in [-0.39, 0.29) is 11.3 Å². The number of nitro groups is 1. The highest BCUT2D eigenvalue weighted by Gasteiger charge is 2.28. The molecule has 0 atom stereocenters. The van der Waals surface area contributed by atoms with Crippen molar-refractivity contribution in [3.63, 3.8) is 0 Å². The topological polar surface area (TPSA) is 70.2 Å². The quantitative estimate of drug-likeness (QED) is 0.461. The molecule has 17 heavy (non-hydrogen) atoms. The molecule has 1 aromatic heterocycles. The summed E-state index contributed by atoms with van der Waals surface area (Å²) in [4.78, 5) is 10.1. The highest BCUT2D eigenvalue weighted by atomic mass is 28.4. The van der Waals surface area contributed by atoms with Gasteiger partial charge in [-0.25, -0.2) is 0 Å². The number of nitrogens with zero attached hydrogens (tertiary/aromatic N) is 3. The lowest BCUT2D eigenvalue weighted by atomic mass is 10.1. The minimum absolute atomic E-state index is 0.00815. The van der Waals surface area contributed by atoms with Gasteiger partial charge in [0.1, 0.15) is 12.4 Å². The molecular formula is C10H19N3O3Si. The van der Waals surface area contributed by atoms with Gasteiger partial charge in [0.15, 0.2) is 8.32 Å². The predicted octanol–water partition coefficient (Wildman–Crippen LogP) is 2.42.